The van der Waals surface area contributed by atoms with Gasteiger partial charge in [0.25, 0.3) is 5.91 Å². The zero-order valence-corrected chi connectivity index (χ0v) is 8.81. The third-order valence-corrected chi connectivity index (χ3v) is 2.03. The van der Waals surface area contributed by atoms with Crippen LogP contribution in [0.1, 0.15) is 5.56 Å². The molecule has 4 heteroatoms. The van der Waals surface area contributed by atoms with Crippen molar-refractivity contribution in [3.05, 3.63) is 47.7 Å². The van der Waals surface area contributed by atoms with E-state index in [9.17, 15) is 4.79 Å². The molecule has 0 radical (unpaired) electrons. The first kappa shape index (κ1) is 11.8. The fourth-order valence-corrected chi connectivity index (χ4v) is 1.19. The molecule has 16 heavy (non-hydrogen) atoms. The van der Waals surface area contributed by atoms with Crippen LogP contribution in [0.3, 0.4) is 0 Å². The number of primary amides is 1. The Morgan fingerprint density at radius 1 is 1.44 bits per heavy atom. The average Bonchev–Trinajstić information content (AvgIpc) is 2.30. The standard InChI is InChI=1S/C12H13N3O/c13-8-11(12(14)16)9-15-7-6-10-4-2-1-3-5-10/h1-5,9,15H,6-7H2,(H2,14,16). The third kappa shape index (κ3) is 3.84. The lowest BCUT2D eigenvalue weighted by Crippen LogP contribution is -2.17. The summed E-state index contributed by atoms with van der Waals surface area (Å²) < 4.78 is 0. The van der Waals surface area contributed by atoms with Gasteiger partial charge < -0.3 is 11.1 Å². The molecule has 1 rings (SSSR count). The van der Waals surface area contributed by atoms with Crippen LogP contribution in [0.15, 0.2) is 42.1 Å². The second-order valence-corrected chi connectivity index (χ2v) is 3.22. The number of nitrogens with one attached hydrogen (secondary N) is 1. The molecule has 0 aromatic heterocycles. The second-order valence-electron chi connectivity index (χ2n) is 3.22. The number of hydrogen-bond acceptors (Lipinski definition) is 3. The van der Waals surface area contributed by atoms with Crippen LogP contribution in [0, 0.1) is 11.3 Å². The normalized spacial score (nSPS) is 10.6. The molecule has 0 saturated carbocycles. The number of amides is 1. The number of carbonyl (C=O) groups is 1. The molecule has 0 aliphatic rings. The molecule has 82 valence electrons. The number of nitrogens with two attached hydrogens (primary N) is 1. The van der Waals surface area contributed by atoms with Crippen molar-refractivity contribution in [2.24, 2.45) is 5.73 Å². The molecular formula is C12H13N3O. The number of rotatable bonds is 5. The third-order valence-electron chi connectivity index (χ3n) is 2.03. The highest BCUT2D eigenvalue weighted by Crippen LogP contribution is 1.98. The molecule has 0 unspecified atom stereocenters. The molecule has 0 fully saturated rings. The van der Waals surface area contributed by atoms with Gasteiger partial charge in [-0.25, -0.2) is 0 Å². The molecular weight excluding hydrogens is 202 g/mol. The summed E-state index contributed by atoms with van der Waals surface area (Å²) in [6.07, 6.45) is 2.18. The minimum Gasteiger partial charge on any atom is -0.389 e. The molecule has 0 aliphatic carbocycles. The SMILES string of the molecule is N#CC(=CNCCc1ccccc1)C(N)=O. The number of hydrogen-bond donors (Lipinski definition) is 2. The van der Waals surface area contributed by atoms with E-state index in [1.165, 1.54) is 11.8 Å². The number of nitrogens with zero attached hydrogens (tertiary/aromatic N) is 1. The molecule has 0 spiro atoms. The highest BCUT2D eigenvalue weighted by atomic mass is 16.1. The van der Waals surface area contributed by atoms with Crippen molar-refractivity contribution in [1.82, 2.24) is 5.32 Å². The maximum atomic E-state index is 10.7. The lowest BCUT2D eigenvalue weighted by molar-refractivity contribution is -0.114. The van der Waals surface area contributed by atoms with Gasteiger partial charge in [0.2, 0.25) is 0 Å². The van der Waals surface area contributed by atoms with Crippen molar-refractivity contribution in [3.63, 3.8) is 0 Å². The summed E-state index contributed by atoms with van der Waals surface area (Å²) in [5, 5.41) is 11.4. The zero-order valence-electron chi connectivity index (χ0n) is 8.81. The Bertz CT molecular complexity index is 418. The monoisotopic (exact) mass is 215 g/mol. The Morgan fingerprint density at radius 3 is 2.69 bits per heavy atom. The smallest absolute Gasteiger partial charge is 0.260 e. The van der Waals surface area contributed by atoms with Gasteiger partial charge in [-0.15, -0.1) is 0 Å². The predicted octanol–water partition coefficient (Wildman–Crippen LogP) is 0.711. The number of nitriles is 1. The van der Waals surface area contributed by atoms with Gasteiger partial charge >= 0.3 is 0 Å². The zero-order chi connectivity index (χ0) is 11.8. The minimum absolute atomic E-state index is 0.0620. The molecule has 3 N–H and O–H groups in total. The molecule has 0 aliphatic heterocycles. The minimum atomic E-state index is -0.713. The topological polar surface area (TPSA) is 78.9 Å². The van der Waals surface area contributed by atoms with Crippen LogP contribution in [0.2, 0.25) is 0 Å². The quantitative estimate of drug-likeness (QED) is 0.431. The van der Waals surface area contributed by atoms with E-state index in [2.05, 4.69) is 5.32 Å². The van der Waals surface area contributed by atoms with Crippen LogP contribution in [0.25, 0.3) is 0 Å². The Labute approximate surface area is 94.4 Å². The molecule has 0 heterocycles. The van der Waals surface area contributed by atoms with Gasteiger partial charge in [-0.3, -0.25) is 4.79 Å². The molecule has 4 nitrogen and oxygen atoms in total. The van der Waals surface area contributed by atoms with Gasteiger partial charge in [0, 0.05) is 12.7 Å². The van der Waals surface area contributed by atoms with E-state index in [1.54, 1.807) is 6.07 Å². The van der Waals surface area contributed by atoms with Crippen molar-refractivity contribution in [2.45, 2.75) is 6.42 Å². The summed E-state index contributed by atoms with van der Waals surface area (Å²) in [6.45, 7) is 0.655. The fraction of sp³-hybridized carbons (Fsp3) is 0.167. The van der Waals surface area contributed by atoms with E-state index in [1.807, 2.05) is 30.3 Å². The van der Waals surface area contributed by atoms with Crippen LogP contribution in [0.4, 0.5) is 0 Å². The van der Waals surface area contributed by atoms with E-state index in [-0.39, 0.29) is 5.57 Å². The summed E-state index contributed by atoms with van der Waals surface area (Å²) in [6, 6.07) is 11.7. The van der Waals surface area contributed by atoms with Crippen molar-refractivity contribution in [3.8, 4) is 6.07 Å². The molecule has 0 atom stereocenters. The van der Waals surface area contributed by atoms with Crippen molar-refractivity contribution in [1.29, 1.82) is 5.26 Å². The lowest BCUT2D eigenvalue weighted by Gasteiger charge is -2.01. The summed E-state index contributed by atoms with van der Waals surface area (Å²) in [4.78, 5) is 10.7. The summed E-state index contributed by atoms with van der Waals surface area (Å²) in [5.74, 6) is -0.713. The van der Waals surface area contributed by atoms with Crippen LogP contribution in [-0.2, 0) is 11.2 Å². The number of carbonyl (C=O) groups excluding carboxylic acids is 1. The molecule has 1 aromatic carbocycles. The number of benzene rings is 1. The Hall–Kier alpha value is -2.28. The van der Waals surface area contributed by atoms with E-state index in [0.717, 1.165) is 6.42 Å². The van der Waals surface area contributed by atoms with E-state index >= 15 is 0 Å². The van der Waals surface area contributed by atoms with Crippen LogP contribution in [0.5, 0.6) is 0 Å². The maximum absolute atomic E-state index is 10.7. The Morgan fingerprint density at radius 2 is 2.12 bits per heavy atom. The summed E-state index contributed by atoms with van der Waals surface area (Å²) in [5.41, 5.74) is 6.10. The van der Waals surface area contributed by atoms with E-state index in [4.69, 9.17) is 11.0 Å². The predicted molar refractivity (Wildman–Crippen MR) is 61.0 cm³/mol. The highest BCUT2D eigenvalue weighted by Gasteiger charge is 2.01. The summed E-state index contributed by atoms with van der Waals surface area (Å²) in [7, 11) is 0. The highest BCUT2D eigenvalue weighted by molar-refractivity contribution is 5.95. The van der Waals surface area contributed by atoms with Gasteiger partial charge in [-0.2, -0.15) is 5.26 Å². The van der Waals surface area contributed by atoms with Gasteiger partial charge in [0.05, 0.1) is 0 Å². The van der Waals surface area contributed by atoms with Crippen LogP contribution in [-0.4, -0.2) is 12.5 Å². The Kier molecular flexibility index (Phi) is 4.61. The van der Waals surface area contributed by atoms with Crippen molar-refractivity contribution >= 4 is 5.91 Å². The molecule has 1 amide bonds. The second kappa shape index (κ2) is 6.25. The first-order chi connectivity index (χ1) is 7.74. The molecule has 1 aromatic rings. The van der Waals surface area contributed by atoms with Gasteiger partial charge in [0.15, 0.2) is 0 Å². The van der Waals surface area contributed by atoms with Gasteiger partial charge in [-0.1, -0.05) is 30.3 Å². The van der Waals surface area contributed by atoms with Crippen LogP contribution < -0.4 is 11.1 Å². The van der Waals surface area contributed by atoms with Gasteiger partial charge in [0.1, 0.15) is 11.6 Å². The van der Waals surface area contributed by atoms with Crippen molar-refractivity contribution in [2.75, 3.05) is 6.54 Å². The van der Waals surface area contributed by atoms with Crippen molar-refractivity contribution < 1.29 is 4.79 Å². The Balaban J connectivity index is 2.37. The maximum Gasteiger partial charge on any atom is 0.260 e. The van der Waals surface area contributed by atoms with Crippen LogP contribution >= 0.6 is 0 Å². The average molecular weight is 215 g/mol. The largest absolute Gasteiger partial charge is 0.389 e. The van der Waals surface area contributed by atoms with Gasteiger partial charge in [-0.05, 0) is 12.0 Å². The lowest BCUT2D eigenvalue weighted by atomic mass is 10.1. The first-order valence-electron chi connectivity index (χ1n) is 4.91. The fourth-order valence-electron chi connectivity index (χ4n) is 1.19. The van der Waals surface area contributed by atoms with E-state index in [0.29, 0.717) is 6.54 Å². The molecule has 0 bridgehead atoms. The summed E-state index contributed by atoms with van der Waals surface area (Å²) >= 11 is 0. The first-order valence-corrected chi connectivity index (χ1v) is 4.91. The van der Waals surface area contributed by atoms with E-state index < -0.39 is 5.91 Å². The molecule has 0 saturated heterocycles.